The zero-order chi connectivity index (χ0) is 34.1. The number of ether oxygens (including phenoxy) is 1. The first-order chi connectivity index (χ1) is 21.7. The van der Waals surface area contributed by atoms with E-state index in [1.807, 2.05) is 11.9 Å². The van der Waals surface area contributed by atoms with Gasteiger partial charge in [-0.3, -0.25) is 14.6 Å². The third-order valence-corrected chi connectivity index (χ3v) is 7.16. The number of carboxylic acid groups (broad SMARTS) is 1. The molecule has 14 heteroatoms. The maximum atomic E-state index is 12.8. The number of aromatic hydroxyl groups is 2. The molecule has 46 heavy (non-hydrogen) atoms. The van der Waals surface area contributed by atoms with Crippen molar-refractivity contribution in [3.63, 3.8) is 0 Å². The minimum atomic E-state index is -1.11. The Balaban J connectivity index is 0.000000266. The fraction of sp³-hybridized carbons (Fsp3) is 0.281. The molecule has 1 saturated heterocycles. The highest BCUT2D eigenvalue weighted by Crippen LogP contribution is 2.43. The van der Waals surface area contributed by atoms with Crippen LogP contribution < -0.4 is 10.2 Å². The standard InChI is InChI=1S/C21H20ClNO5.C9H8O4.C2H6N2O/c1-23-7-6-12(17(27)10-23)19-14(24)8-15(25)20-16(26)9-18(28-21(19)20)11-4-2-3-5-13(11)22;1-6(10)13-8-5-3-2-4-7(8)9(11)12;1-4(2)3-5/h2-5,8-9,12,17,24-25,27H,6-7,10H2,1H3;2-5H,1H3,(H,11,12);1-2H3/t12-,17+;;/m1../s1. The number of hydrogen-bond acceptors (Lipinski definition) is 11. The van der Waals surface area contributed by atoms with Gasteiger partial charge in [-0.2, -0.15) is 0 Å². The van der Waals surface area contributed by atoms with Crippen LogP contribution in [0.25, 0.3) is 22.3 Å². The largest absolute Gasteiger partial charge is 0.507 e. The van der Waals surface area contributed by atoms with Crippen molar-refractivity contribution in [3.8, 4) is 28.6 Å². The number of benzene rings is 3. The predicted octanol–water partition coefficient (Wildman–Crippen LogP) is 4.84. The molecular formula is C32H34ClN3O10. The molecule has 13 nitrogen and oxygen atoms in total. The molecule has 5 rings (SSSR count). The number of phenols is 2. The van der Waals surface area contributed by atoms with E-state index in [0.29, 0.717) is 29.1 Å². The van der Waals surface area contributed by atoms with Crippen molar-refractivity contribution in [1.82, 2.24) is 9.91 Å². The molecule has 0 saturated carbocycles. The van der Waals surface area contributed by atoms with Gasteiger partial charge in [-0.05, 0) is 44.3 Å². The minimum absolute atomic E-state index is 0.0160. The lowest BCUT2D eigenvalue weighted by atomic mass is 9.85. The monoisotopic (exact) mass is 655 g/mol. The summed E-state index contributed by atoms with van der Waals surface area (Å²) in [6.45, 7) is 2.37. The van der Waals surface area contributed by atoms with Gasteiger partial charge in [-0.15, -0.1) is 4.91 Å². The van der Waals surface area contributed by atoms with Crippen LogP contribution in [-0.2, 0) is 4.79 Å². The highest BCUT2D eigenvalue weighted by molar-refractivity contribution is 6.33. The molecular weight excluding hydrogens is 622 g/mol. The zero-order valence-corrected chi connectivity index (χ0v) is 26.3. The zero-order valence-electron chi connectivity index (χ0n) is 25.5. The summed E-state index contributed by atoms with van der Waals surface area (Å²) in [5.41, 5.74) is 0.476. The van der Waals surface area contributed by atoms with Crippen LogP contribution in [0.15, 0.2) is 75.2 Å². The Hall–Kier alpha value is -4.98. The van der Waals surface area contributed by atoms with Gasteiger partial charge in [-0.25, -0.2) is 4.79 Å². The Morgan fingerprint density at radius 1 is 1.07 bits per heavy atom. The number of phenolic OH excluding ortho intramolecular Hbond substituents is 2. The topological polar surface area (TPSA) is 190 Å². The molecule has 0 spiro atoms. The average molecular weight is 656 g/mol. The molecule has 1 aliphatic heterocycles. The van der Waals surface area contributed by atoms with Gasteiger partial charge in [0, 0.05) is 56.7 Å². The summed E-state index contributed by atoms with van der Waals surface area (Å²) < 4.78 is 10.7. The van der Waals surface area contributed by atoms with E-state index in [9.17, 15) is 34.6 Å². The number of fused-ring (bicyclic) bond motifs is 1. The van der Waals surface area contributed by atoms with Gasteiger partial charge in [0.05, 0.1) is 16.4 Å². The Morgan fingerprint density at radius 2 is 1.70 bits per heavy atom. The van der Waals surface area contributed by atoms with E-state index in [4.69, 9.17) is 21.1 Å². The Bertz CT molecular complexity index is 1780. The first-order valence-electron chi connectivity index (χ1n) is 13.9. The number of hydrogen-bond donors (Lipinski definition) is 4. The highest BCUT2D eigenvalue weighted by Gasteiger charge is 2.33. The summed E-state index contributed by atoms with van der Waals surface area (Å²) in [5, 5.41) is 44.2. The summed E-state index contributed by atoms with van der Waals surface area (Å²) in [4.78, 5) is 45.1. The van der Waals surface area contributed by atoms with E-state index in [-0.39, 0.29) is 39.5 Å². The molecule has 4 N–H and O–H groups in total. The molecule has 1 fully saturated rings. The van der Waals surface area contributed by atoms with Gasteiger partial charge >= 0.3 is 11.9 Å². The first-order valence-corrected chi connectivity index (χ1v) is 14.3. The normalized spacial score (nSPS) is 15.9. The maximum absolute atomic E-state index is 12.8. The number of rotatable bonds is 5. The number of aliphatic hydroxyl groups excluding tert-OH is 1. The number of carbonyl (C=O) groups is 2. The fourth-order valence-electron chi connectivity index (χ4n) is 4.79. The second-order valence-electron chi connectivity index (χ2n) is 10.5. The van der Waals surface area contributed by atoms with Gasteiger partial charge in [0.15, 0.2) is 5.43 Å². The molecule has 1 aromatic heterocycles. The molecule has 0 aliphatic carbocycles. The Labute approximate surface area is 268 Å². The number of likely N-dealkylation sites (N-methyl/N-ethyl adjacent to an activating group) is 1. The first kappa shape index (κ1) is 35.5. The van der Waals surface area contributed by atoms with Crippen LogP contribution in [0, 0.1) is 4.91 Å². The van der Waals surface area contributed by atoms with E-state index in [2.05, 4.69) is 10.0 Å². The minimum Gasteiger partial charge on any atom is -0.507 e. The van der Waals surface area contributed by atoms with E-state index in [1.54, 1.807) is 50.5 Å². The number of nitrogens with zero attached hydrogens (tertiary/aromatic N) is 3. The maximum Gasteiger partial charge on any atom is 0.339 e. The smallest absolute Gasteiger partial charge is 0.339 e. The van der Waals surface area contributed by atoms with Gasteiger partial charge in [0.25, 0.3) is 0 Å². The third-order valence-electron chi connectivity index (χ3n) is 6.83. The summed E-state index contributed by atoms with van der Waals surface area (Å²) in [7, 11) is 5.06. The summed E-state index contributed by atoms with van der Waals surface area (Å²) in [5.74, 6) is -2.34. The molecule has 0 amide bonds. The lowest BCUT2D eigenvalue weighted by Crippen LogP contribution is -2.40. The molecule has 4 aromatic rings. The number of aliphatic hydroxyl groups is 1. The van der Waals surface area contributed by atoms with Crippen LogP contribution in [-0.4, -0.2) is 82.6 Å². The number of halogens is 1. The average Bonchev–Trinajstić information content (AvgIpc) is 2.98. The number of carboxylic acids is 1. The second-order valence-corrected chi connectivity index (χ2v) is 10.9. The fourth-order valence-corrected chi connectivity index (χ4v) is 5.02. The molecule has 244 valence electrons. The van der Waals surface area contributed by atoms with E-state index in [0.717, 1.165) is 12.6 Å². The van der Waals surface area contributed by atoms with E-state index >= 15 is 0 Å². The van der Waals surface area contributed by atoms with Crippen molar-refractivity contribution in [2.75, 3.05) is 34.2 Å². The number of likely N-dealkylation sites (tertiary alicyclic amines) is 1. The Morgan fingerprint density at radius 3 is 2.28 bits per heavy atom. The van der Waals surface area contributed by atoms with Gasteiger partial charge in [-0.1, -0.05) is 35.9 Å². The predicted molar refractivity (Wildman–Crippen MR) is 171 cm³/mol. The third kappa shape index (κ3) is 8.81. The van der Waals surface area contributed by atoms with Crippen LogP contribution in [0.4, 0.5) is 0 Å². The number of β-amino-alcohol motifs (C(OH)–C–C–N with tert-alkyl or cyclic N) is 1. The lowest BCUT2D eigenvalue weighted by Gasteiger charge is -2.34. The highest BCUT2D eigenvalue weighted by atomic mass is 35.5. The molecule has 0 unspecified atom stereocenters. The van der Waals surface area contributed by atoms with Crippen LogP contribution in [0.2, 0.25) is 5.02 Å². The molecule has 2 heterocycles. The number of carbonyl (C=O) groups excluding carboxylic acids is 1. The van der Waals surface area contributed by atoms with Crippen molar-refractivity contribution in [2.24, 2.45) is 5.29 Å². The van der Waals surface area contributed by atoms with Crippen molar-refractivity contribution >= 4 is 34.5 Å². The van der Waals surface area contributed by atoms with Crippen LogP contribution in [0.1, 0.15) is 35.2 Å². The number of para-hydroxylation sites is 1. The van der Waals surface area contributed by atoms with Crippen LogP contribution in [0.3, 0.4) is 0 Å². The van der Waals surface area contributed by atoms with E-state index < -0.39 is 29.4 Å². The quantitative estimate of drug-likeness (QED) is 0.0991. The molecule has 3 aromatic carbocycles. The summed E-state index contributed by atoms with van der Waals surface area (Å²) in [6.07, 6.45) is -0.169. The summed E-state index contributed by atoms with van der Waals surface area (Å²) >= 11 is 6.25. The number of piperidine rings is 1. The van der Waals surface area contributed by atoms with Crippen molar-refractivity contribution in [3.05, 3.63) is 91.9 Å². The molecule has 0 bridgehead atoms. The summed E-state index contributed by atoms with van der Waals surface area (Å²) in [6, 6.07) is 15.3. The van der Waals surface area contributed by atoms with Crippen molar-refractivity contribution < 1.29 is 39.2 Å². The Kier molecular flexibility index (Phi) is 12.2. The van der Waals surface area contributed by atoms with Crippen LogP contribution in [0.5, 0.6) is 17.2 Å². The number of esters is 1. The molecule has 2 atom stereocenters. The van der Waals surface area contributed by atoms with Crippen molar-refractivity contribution in [2.45, 2.75) is 25.4 Å². The van der Waals surface area contributed by atoms with Gasteiger partial charge < -0.3 is 34.5 Å². The molecule has 0 radical (unpaired) electrons. The lowest BCUT2D eigenvalue weighted by molar-refractivity contribution is -0.131. The molecule has 1 aliphatic rings. The number of nitroso groups, excluding NO2 is 1. The van der Waals surface area contributed by atoms with Gasteiger partial charge in [0.1, 0.15) is 39.5 Å². The van der Waals surface area contributed by atoms with Crippen molar-refractivity contribution in [1.29, 1.82) is 0 Å². The second kappa shape index (κ2) is 15.8. The number of aromatic carboxylic acids is 1. The van der Waals surface area contributed by atoms with E-state index in [1.165, 1.54) is 30.1 Å². The van der Waals surface area contributed by atoms with Gasteiger partial charge in [0.2, 0.25) is 0 Å². The van der Waals surface area contributed by atoms with Crippen LogP contribution >= 0.6 is 11.6 Å². The SMILES string of the molecule is CC(=O)Oc1ccccc1C(=O)O.CN(C)N=O.CN1CC[C@@H](c2c(O)cc(O)c3c(=O)cc(-c4ccccc4Cl)oc23)[C@@H](O)C1.